The van der Waals surface area contributed by atoms with Gasteiger partial charge >= 0.3 is 0 Å². The molecule has 0 bridgehead atoms. The topological polar surface area (TPSA) is 20.2 Å². The minimum absolute atomic E-state index is 0.593. The molecule has 1 aromatic carbocycles. The van der Waals surface area contributed by atoms with Gasteiger partial charge < -0.3 is 5.11 Å². The van der Waals surface area contributed by atoms with Crippen molar-refractivity contribution < 1.29 is 5.11 Å². The number of hydrogen-bond donors (Lipinski definition) is 1. The summed E-state index contributed by atoms with van der Waals surface area (Å²) in [7, 11) is 0. The Bertz CT molecular complexity index is 401. The maximum absolute atomic E-state index is 11.0. The van der Waals surface area contributed by atoms with E-state index in [0.717, 1.165) is 24.8 Å². The van der Waals surface area contributed by atoms with Crippen molar-refractivity contribution >= 4 is 0 Å². The summed E-state index contributed by atoms with van der Waals surface area (Å²) in [6, 6.07) is 6.50. The fourth-order valence-corrected chi connectivity index (χ4v) is 3.37. The highest BCUT2D eigenvalue weighted by molar-refractivity contribution is 5.32. The molecule has 1 nitrogen and oxygen atoms in total. The van der Waals surface area contributed by atoms with Gasteiger partial charge in [0.2, 0.25) is 0 Å². The molecule has 2 unspecified atom stereocenters. The van der Waals surface area contributed by atoms with E-state index in [1.54, 1.807) is 0 Å². The molecule has 1 aromatic rings. The van der Waals surface area contributed by atoms with E-state index in [1.807, 2.05) is 0 Å². The van der Waals surface area contributed by atoms with Crippen LogP contribution in [0, 0.1) is 25.7 Å². The fourth-order valence-electron chi connectivity index (χ4n) is 3.37. The van der Waals surface area contributed by atoms with Gasteiger partial charge in [-0.1, -0.05) is 43.2 Å². The van der Waals surface area contributed by atoms with Crippen molar-refractivity contribution in [3.63, 3.8) is 0 Å². The van der Waals surface area contributed by atoms with E-state index < -0.39 is 5.60 Å². The molecule has 100 valence electrons. The molecular weight excluding hydrogens is 220 g/mol. The first-order chi connectivity index (χ1) is 8.40. The summed E-state index contributed by atoms with van der Waals surface area (Å²) in [4.78, 5) is 0. The molecule has 2 atom stereocenters. The van der Waals surface area contributed by atoms with E-state index >= 15 is 0 Å². The third-order valence-electron chi connectivity index (χ3n) is 4.47. The lowest BCUT2D eigenvalue weighted by Crippen LogP contribution is -2.34. The smallest absolute Gasteiger partial charge is 0.0899 e. The number of rotatable bonds is 2. The summed E-state index contributed by atoms with van der Waals surface area (Å²) >= 11 is 0. The molecule has 1 saturated carbocycles. The van der Waals surface area contributed by atoms with E-state index in [9.17, 15) is 5.11 Å². The van der Waals surface area contributed by atoms with Crippen molar-refractivity contribution in [1.29, 1.82) is 0 Å². The SMILES string of the molecule is Cc1cc(C)cc(C2(O)CCCC(C(C)C)C2)c1. The summed E-state index contributed by atoms with van der Waals surface area (Å²) in [6.45, 7) is 8.78. The van der Waals surface area contributed by atoms with Crippen molar-refractivity contribution in [3.05, 3.63) is 34.9 Å². The van der Waals surface area contributed by atoms with Crippen LogP contribution < -0.4 is 0 Å². The Kier molecular flexibility index (Phi) is 3.82. The molecular formula is C17H26O. The number of aliphatic hydroxyl groups is 1. The lowest BCUT2D eigenvalue weighted by molar-refractivity contribution is -0.0296. The van der Waals surface area contributed by atoms with Gasteiger partial charge in [0.05, 0.1) is 5.60 Å². The maximum atomic E-state index is 11.0. The number of hydrogen-bond acceptors (Lipinski definition) is 1. The Morgan fingerprint density at radius 2 is 1.78 bits per heavy atom. The first-order valence-corrected chi connectivity index (χ1v) is 7.22. The second-order valence-corrected chi connectivity index (χ2v) is 6.51. The van der Waals surface area contributed by atoms with Gasteiger partial charge in [-0.3, -0.25) is 0 Å². The van der Waals surface area contributed by atoms with Crippen LogP contribution in [0.4, 0.5) is 0 Å². The van der Waals surface area contributed by atoms with Crippen LogP contribution in [0.1, 0.15) is 56.2 Å². The van der Waals surface area contributed by atoms with E-state index in [-0.39, 0.29) is 0 Å². The third-order valence-corrected chi connectivity index (χ3v) is 4.47. The van der Waals surface area contributed by atoms with Crippen LogP contribution in [0.15, 0.2) is 18.2 Å². The molecule has 1 aliphatic rings. The summed E-state index contributed by atoms with van der Waals surface area (Å²) in [5.41, 5.74) is 3.05. The van der Waals surface area contributed by atoms with E-state index in [4.69, 9.17) is 0 Å². The zero-order chi connectivity index (χ0) is 13.3. The fraction of sp³-hybridized carbons (Fsp3) is 0.647. The Hall–Kier alpha value is -0.820. The van der Waals surface area contributed by atoms with Crippen LogP contribution in [-0.2, 0) is 5.60 Å². The standard InChI is InChI=1S/C17H26O/c1-12(2)15-6-5-7-17(18,11-15)16-9-13(3)8-14(4)10-16/h8-10,12,15,18H,5-7,11H2,1-4H3. The van der Waals surface area contributed by atoms with E-state index in [0.29, 0.717) is 11.8 Å². The van der Waals surface area contributed by atoms with Gasteiger partial charge in [0.15, 0.2) is 0 Å². The second-order valence-electron chi connectivity index (χ2n) is 6.51. The summed E-state index contributed by atoms with van der Waals surface area (Å²) in [5, 5.41) is 11.0. The van der Waals surface area contributed by atoms with Crippen molar-refractivity contribution in [2.24, 2.45) is 11.8 Å². The largest absolute Gasteiger partial charge is 0.385 e. The van der Waals surface area contributed by atoms with Crippen LogP contribution in [0.3, 0.4) is 0 Å². The molecule has 1 fully saturated rings. The molecule has 1 N–H and O–H groups in total. The quantitative estimate of drug-likeness (QED) is 0.823. The first-order valence-electron chi connectivity index (χ1n) is 7.22. The zero-order valence-corrected chi connectivity index (χ0v) is 12.2. The monoisotopic (exact) mass is 246 g/mol. The van der Waals surface area contributed by atoms with Gasteiger partial charge in [-0.05, 0) is 56.9 Å². The van der Waals surface area contributed by atoms with Gasteiger partial charge in [0.1, 0.15) is 0 Å². The van der Waals surface area contributed by atoms with Crippen LogP contribution in [-0.4, -0.2) is 5.11 Å². The predicted octanol–water partition coefficient (Wildman–Crippen LogP) is 4.34. The van der Waals surface area contributed by atoms with Gasteiger partial charge in [-0.15, -0.1) is 0 Å². The molecule has 1 aliphatic carbocycles. The summed E-state index contributed by atoms with van der Waals surface area (Å²) in [5.74, 6) is 1.33. The first kappa shape index (κ1) is 13.6. The van der Waals surface area contributed by atoms with Crippen molar-refractivity contribution in [3.8, 4) is 0 Å². The van der Waals surface area contributed by atoms with Crippen molar-refractivity contribution in [2.45, 2.75) is 59.0 Å². The predicted molar refractivity (Wildman–Crippen MR) is 76.6 cm³/mol. The average molecular weight is 246 g/mol. The second kappa shape index (κ2) is 5.05. The maximum Gasteiger partial charge on any atom is 0.0899 e. The van der Waals surface area contributed by atoms with Crippen LogP contribution in [0.2, 0.25) is 0 Å². The summed E-state index contributed by atoms with van der Waals surface area (Å²) in [6.07, 6.45) is 4.25. The van der Waals surface area contributed by atoms with Crippen LogP contribution in [0.5, 0.6) is 0 Å². The number of aryl methyl sites for hydroxylation is 2. The van der Waals surface area contributed by atoms with Crippen molar-refractivity contribution in [1.82, 2.24) is 0 Å². The molecule has 0 saturated heterocycles. The molecule has 1 heteroatoms. The Morgan fingerprint density at radius 1 is 1.17 bits per heavy atom. The highest BCUT2D eigenvalue weighted by Gasteiger charge is 2.36. The highest BCUT2D eigenvalue weighted by Crippen LogP contribution is 2.42. The number of benzene rings is 1. The summed E-state index contributed by atoms with van der Waals surface area (Å²) < 4.78 is 0. The molecule has 0 radical (unpaired) electrons. The minimum Gasteiger partial charge on any atom is -0.385 e. The Balaban J connectivity index is 2.29. The lowest BCUT2D eigenvalue weighted by atomic mass is 9.70. The average Bonchev–Trinajstić information content (AvgIpc) is 2.27. The van der Waals surface area contributed by atoms with E-state index in [2.05, 4.69) is 45.9 Å². The molecule has 0 aliphatic heterocycles. The molecule has 0 amide bonds. The zero-order valence-electron chi connectivity index (χ0n) is 12.2. The molecule has 2 rings (SSSR count). The molecule has 18 heavy (non-hydrogen) atoms. The van der Waals surface area contributed by atoms with Gasteiger partial charge in [0, 0.05) is 0 Å². The minimum atomic E-state index is -0.593. The molecule has 0 heterocycles. The Labute approximate surface area is 111 Å². The molecule has 0 spiro atoms. The Morgan fingerprint density at radius 3 is 2.33 bits per heavy atom. The van der Waals surface area contributed by atoms with E-state index in [1.165, 1.54) is 17.5 Å². The van der Waals surface area contributed by atoms with Crippen molar-refractivity contribution in [2.75, 3.05) is 0 Å². The lowest BCUT2D eigenvalue weighted by Gasteiger charge is -2.39. The van der Waals surface area contributed by atoms with Gasteiger partial charge in [0.25, 0.3) is 0 Å². The van der Waals surface area contributed by atoms with Crippen LogP contribution >= 0.6 is 0 Å². The molecule has 0 aromatic heterocycles. The normalized spacial score (nSPS) is 28.7. The highest BCUT2D eigenvalue weighted by atomic mass is 16.3. The van der Waals surface area contributed by atoms with Gasteiger partial charge in [-0.25, -0.2) is 0 Å². The third kappa shape index (κ3) is 2.77. The van der Waals surface area contributed by atoms with Gasteiger partial charge in [-0.2, -0.15) is 0 Å². The van der Waals surface area contributed by atoms with Crippen LogP contribution in [0.25, 0.3) is 0 Å².